The van der Waals surface area contributed by atoms with Crippen molar-refractivity contribution in [2.45, 2.75) is 6.42 Å². The molecule has 1 aromatic rings. The lowest BCUT2D eigenvalue weighted by molar-refractivity contribution is -0.115. The molecule has 0 spiro atoms. The fourth-order valence-electron chi connectivity index (χ4n) is 0.876. The van der Waals surface area contributed by atoms with Crippen molar-refractivity contribution in [1.29, 1.82) is 0 Å². The number of carbonyl (C=O) groups is 1. The summed E-state index contributed by atoms with van der Waals surface area (Å²) in [5.74, 6) is 0.226. The van der Waals surface area contributed by atoms with Gasteiger partial charge < -0.3 is 5.32 Å². The van der Waals surface area contributed by atoms with Gasteiger partial charge in [-0.3, -0.25) is 4.79 Å². The van der Waals surface area contributed by atoms with Crippen molar-refractivity contribution in [2.24, 2.45) is 0 Å². The van der Waals surface area contributed by atoms with E-state index in [-0.39, 0.29) is 5.91 Å². The van der Waals surface area contributed by atoms with Crippen molar-refractivity contribution in [3.8, 4) is 0 Å². The highest BCUT2D eigenvalue weighted by molar-refractivity contribution is 6.30. The van der Waals surface area contributed by atoms with Gasteiger partial charge in [-0.05, 0) is 18.2 Å². The number of carbonyl (C=O) groups excluding carboxylic acids is 1. The summed E-state index contributed by atoms with van der Waals surface area (Å²) in [6, 6.07) is 6.99. The maximum absolute atomic E-state index is 11.1. The predicted octanol–water partition coefficient (Wildman–Crippen LogP) is 2.91. The van der Waals surface area contributed by atoms with Crippen LogP contribution in [0.25, 0.3) is 0 Å². The van der Waals surface area contributed by atoms with E-state index in [1.54, 1.807) is 24.3 Å². The minimum absolute atomic E-state index is 0.0998. The highest BCUT2D eigenvalue weighted by Crippen LogP contribution is 2.14. The second-order valence-corrected chi connectivity index (χ2v) is 3.31. The highest BCUT2D eigenvalue weighted by Gasteiger charge is 2.00. The van der Waals surface area contributed by atoms with E-state index in [0.29, 0.717) is 23.0 Å². The van der Waals surface area contributed by atoms with Gasteiger partial charge in [0, 0.05) is 23.0 Å². The lowest BCUT2D eigenvalue weighted by Crippen LogP contribution is -2.11. The minimum atomic E-state index is -0.0998. The third-order valence-electron chi connectivity index (χ3n) is 1.43. The number of amides is 1. The molecule has 1 rings (SSSR count). The first kappa shape index (κ1) is 10.4. The molecular weight excluding hydrogens is 209 g/mol. The van der Waals surface area contributed by atoms with Crippen LogP contribution < -0.4 is 5.32 Å². The number of anilines is 1. The largest absolute Gasteiger partial charge is 0.326 e. The number of alkyl halides is 1. The van der Waals surface area contributed by atoms with Crippen LogP contribution >= 0.6 is 23.2 Å². The number of halogens is 2. The molecule has 4 heteroatoms. The van der Waals surface area contributed by atoms with Crippen LogP contribution in [0.1, 0.15) is 6.42 Å². The maximum Gasteiger partial charge on any atom is 0.225 e. The van der Waals surface area contributed by atoms with Crippen molar-refractivity contribution in [3.63, 3.8) is 0 Å². The van der Waals surface area contributed by atoms with Crippen molar-refractivity contribution < 1.29 is 4.79 Å². The van der Waals surface area contributed by atoms with E-state index in [2.05, 4.69) is 5.32 Å². The SMILES string of the molecule is O=C(CCCl)Nc1cccc(Cl)c1. The standard InChI is InChI=1S/C9H9Cl2NO/c10-5-4-9(13)12-8-3-1-2-7(11)6-8/h1-3,6H,4-5H2,(H,12,13). The Labute approximate surface area is 86.8 Å². The van der Waals surface area contributed by atoms with Gasteiger partial charge in [0.05, 0.1) is 0 Å². The number of benzene rings is 1. The van der Waals surface area contributed by atoms with E-state index in [1.807, 2.05) is 0 Å². The minimum Gasteiger partial charge on any atom is -0.326 e. The Morgan fingerprint density at radius 3 is 2.85 bits per heavy atom. The number of hydrogen-bond donors (Lipinski definition) is 1. The van der Waals surface area contributed by atoms with Crippen LogP contribution in [-0.2, 0) is 4.79 Å². The molecule has 0 saturated heterocycles. The normalized spacial score (nSPS) is 9.69. The Bertz CT molecular complexity index is 301. The van der Waals surface area contributed by atoms with Crippen LogP contribution in [0, 0.1) is 0 Å². The van der Waals surface area contributed by atoms with Gasteiger partial charge in [0.15, 0.2) is 0 Å². The van der Waals surface area contributed by atoms with Gasteiger partial charge in [-0.1, -0.05) is 17.7 Å². The first-order valence-electron chi connectivity index (χ1n) is 3.84. The summed E-state index contributed by atoms with van der Waals surface area (Å²) in [6.45, 7) is 0. The molecule has 0 aromatic heterocycles. The van der Waals surface area contributed by atoms with E-state index >= 15 is 0 Å². The molecule has 0 heterocycles. The molecule has 0 fully saturated rings. The average molecular weight is 218 g/mol. The van der Waals surface area contributed by atoms with E-state index in [0.717, 1.165) is 0 Å². The third kappa shape index (κ3) is 3.66. The van der Waals surface area contributed by atoms with E-state index in [9.17, 15) is 4.79 Å². The fourth-order valence-corrected chi connectivity index (χ4v) is 1.24. The Kier molecular flexibility index (Phi) is 4.06. The summed E-state index contributed by atoms with van der Waals surface area (Å²) < 4.78 is 0. The summed E-state index contributed by atoms with van der Waals surface area (Å²) in [5, 5.41) is 3.28. The quantitative estimate of drug-likeness (QED) is 0.776. The van der Waals surface area contributed by atoms with E-state index in [4.69, 9.17) is 23.2 Å². The van der Waals surface area contributed by atoms with E-state index in [1.165, 1.54) is 0 Å². The molecule has 0 radical (unpaired) electrons. The lowest BCUT2D eigenvalue weighted by atomic mass is 10.3. The van der Waals surface area contributed by atoms with Crippen molar-refractivity contribution in [3.05, 3.63) is 29.3 Å². The predicted molar refractivity (Wildman–Crippen MR) is 55.4 cm³/mol. The Morgan fingerprint density at radius 1 is 1.46 bits per heavy atom. The molecule has 0 aliphatic rings. The molecule has 0 bridgehead atoms. The molecule has 0 unspecified atom stereocenters. The summed E-state index contributed by atoms with van der Waals surface area (Å²) in [6.07, 6.45) is 0.314. The monoisotopic (exact) mass is 217 g/mol. The molecule has 0 saturated carbocycles. The van der Waals surface area contributed by atoms with Gasteiger partial charge in [-0.25, -0.2) is 0 Å². The second kappa shape index (κ2) is 5.10. The first-order chi connectivity index (χ1) is 6.22. The molecule has 1 aromatic carbocycles. The topological polar surface area (TPSA) is 29.1 Å². The van der Waals surface area contributed by atoms with Crippen LogP contribution in [0.2, 0.25) is 5.02 Å². The number of nitrogens with one attached hydrogen (secondary N) is 1. The molecule has 13 heavy (non-hydrogen) atoms. The van der Waals surface area contributed by atoms with Crippen molar-refractivity contribution in [1.82, 2.24) is 0 Å². The first-order valence-corrected chi connectivity index (χ1v) is 4.75. The summed E-state index contributed by atoms with van der Waals surface area (Å²) in [5.41, 5.74) is 0.697. The maximum atomic E-state index is 11.1. The van der Waals surface area contributed by atoms with Gasteiger partial charge in [0.1, 0.15) is 0 Å². The molecule has 70 valence electrons. The summed E-state index contributed by atoms with van der Waals surface area (Å²) >= 11 is 11.1. The second-order valence-electron chi connectivity index (χ2n) is 2.50. The smallest absolute Gasteiger partial charge is 0.225 e. The van der Waals surface area contributed by atoms with Crippen LogP contribution in [0.5, 0.6) is 0 Å². The zero-order valence-corrected chi connectivity index (χ0v) is 8.40. The average Bonchev–Trinajstić information content (AvgIpc) is 2.04. The zero-order chi connectivity index (χ0) is 9.68. The number of hydrogen-bond acceptors (Lipinski definition) is 1. The summed E-state index contributed by atoms with van der Waals surface area (Å²) in [4.78, 5) is 11.1. The van der Waals surface area contributed by atoms with Gasteiger partial charge in [-0.2, -0.15) is 0 Å². The molecular formula is C9H9Cl2NO. The molecule has 0 atom stereocenters. The van der Waals surface area contributed by atoms with Crippen LogP contribution in [-0.4, -0.2) is 11.8 Å². The molecule has 0 aliphatic heterocycles. The number of rotatable bonds is 3. The molecule has 2 nitrogen and oxygen atoms in total. The third-order valence-corrected chi connectivity index (χ3v) is 1.85. The van der Waals surface area contributed by atoms with E-state index < -0.39 is 0 Å². The Balaban J connectivity index is 2.58. The Hall–Kier alpha value is -0.730. The highest BCUT2D eigenvalue weighted by atomic mass is 35.5. The van der Waals surface area contributed by atoms with Gasteiger partial charge in [0.2, 0.25) is 5.91 Å². The van der Waals surface area contributed by atoms with Crippen LogP contribution in [0.15, 0.2) is 24.3 Å². The molecule has 1 amide bonds. The van der Waals surface area contributed by atoms with Crippen molar-refractivity contribution >= 4 is 34.8 Å². The summed E-state index contributed by atoms with van der Waals surface area (Å²) in [7, 11) is 0. The van der Waals surface area contributed by atoms with Crippen LogP contribution in [0.3, 0.4) is 0 Å². The zero-order valence-electron chi connectivity index (χ0n) is 6.89. The van der Waals surface area contributed by atoms with Gasteiger partial charge in [-0.15, -0.1) is 11.6 Å². The van der Waals surface area contributed by atoms with Crippen molar-refractivity contribution in [2.75, 3.05) is 11.2 Å². The van der Waals surface area contributed by atoms with Gasteiger partial charge >= 0.3 is 0 Å². The van der Waals surface area contributed by atoms with Gasteiger partial charge in [0.25, 0.3) is 0 Å². The lowest BCUT2D eigenvalue weighted by Gasteiger charge is -2.03. The molecule has 0 aliphatic carbocycles. The fraction of sp³-hybridized carbons (Fsp3) is 0.222. The van der Waals surface area contributed by atoms with Crippen LogP contribution in [0.4, 0.5) is 5.69 Å². The molecule has 1 N–H and O–H groups in total. The Morgan fingerprint density at radius 2 is 2.23 bits per heavy atom.